The molecule has 0 spiro atoms. The summed E-state index contributed by atoms with van der Waals surface area (Å²) in [6.07, 6.45) is 0. The Labute approximate surface area is 167 Å². The molecule has 0 fully saturated rings. The molecule has 0 bridgehead atoms. The maximum absolute atomic E-state index is 12.7. The smallest absolute Gasteiger partial charge is 0.259 e. The molecule has 7 nitrogen and oxygen atoms in total. The summed E-state index contributed by atoms with van der Waals surface area (Å²) in [4.78, 5) is 12.6. The third-order valence-corrected chi connectivity index (χ3v) is 4.75. The molecular weight excluding hydrogens is 380 g/mol. The summed E-state index contributed by atoms with van der Waals surface area (Å²) in [6.45, 7) is 0. The molecule has 8 heteroatoms. The lowest BCUT2D eigenvalue weighted by atomic mass is 10.1. The lowest BCUT2D eigenvalue weighted by Gasteiger charge is -2.13. The second-order valence-electron chi connectivity index (χ2n) is 5.78. The Morgan fingerprint density at radius 3 is 2.25 bits per heavy atom. The highest BCUT2D eigenvalue weighted by atomic mass is 32.2. The zero-order valence-corrected chi connectivity index (χ0v) is 15.8. The standard InChI is InChI=1S/C20H18N2O5S.3H2/c1-26-18-11-4-5-12-19(18)27-17-10-3-2-9-16(17)20(23)22-14-7-6-8-15(13-14)28(21,24)25;;;/h2-13H,1H3,(H,22,23)(H2,21,24,25);3*1H. The molecule has 0 radical (unpaired) electrons. The van der Waals surface area contributed by atoms with E-state index < -0.39 is 15.9 Å². The van der Waals surface area contributed by atoms with Crippen LogP contribution in [0.5, 0.6) is 17.2 Å². The molecule has 0 aliphatic heterocycles. The molecular formula is C20H24N2O5S. The number of benzene rings is 3. The number of rotatable bonds is 6. The van der Waals surface area contributed by atoms with E-state index in [9.17, 15) is 13.2 Å². The highest BCUT2D eigenvalue weighted by molar-refractivity contribution is 7.89. The van der Waals surface area contributed by atoms with Crippen molar-refractivity contribution in [3.05, 3.63) is 78.4 Å². The number of nitrogens with one attached hydrogen (secondary N) is 1. The molecule has 28 heavy (non-hydrogen) atoms. The average molecular weight is 404 g/mol. The number of anilines is 1. The number of ether oxygens (including phenoxy) is 2. The van der Waals surface area contributed by atoms with Crippen LogP contribution in [-0.4, -0.2) is 21.4 Å². The topological polar surface area (TPSA) is 108 Å². The number of carbonyl (C=O) groups is 1. The number of hydrogen-bond donors (Lipinski definition) is 2. The lowest BCUT2D eigenvalue weighted by molar-refractivity contribution is 0.102. The van der Waals surface area contributed by atoms with Gasteiger partial charge >= 0.3 is 0 Å². The first-order valence-corrected chi connectivity index (χ1v) is 9.77. The van der Waals surface area contributed by atoms with Crippen molar-refractivity contribution in [1.82, 2.24) is 0 Å². The molecule has 0 saturated heterocycles. The van der Waals surface area contributed by atoms with Gasteiger partial charge in [-0.2, -0.15) is 0 Å². The van der Waals surface area contributed by atoms with Crippen LogP contribution < -0.4 is 19.9 Å². The fourth-order valence-corrected chi connectivity index (χ4v) is 3.07. The number of primary sulfonamides is 1. The molecule has 0 unspecified atom stereocenters. The van der Waals surface area contributed by atoms with Gasteiger partial charge < -0.3 is 14.8 Å². The van der Waals surface area contributed by atoms with E-state index in [1.54, 1.807) is 48.5 Å². The van der Waals surface area contributed by atoms with Crippen LogP contribution >= 0.6 is 0 Å². The predicted molar refractivity (Wildman–Crippen MR) is 112 cm³/mol. The van der Waals surface area contributed by atoms with Crippen molar-refractivity contribution < 1.29 is 27.0 Å². The van der Waals surface area contributed by atoms with E-state index in [1.807, 2.05) is 6.07 Å². The molecule has 150 valence electrons. The number of methoxy groups -OCH3 is 1. The molecule has 0 atom stereocenters. The van der Waals surface area contributed by atoms with Crippen LogP contribution in [0, 0.1) is 0 Å². The average Bonchev–Trinajstić information content (AvgIpc) is 2.68. The van der Waals surface area contributed by atoms with Crippen molar-refractivity contribution >= 4 is 21.6 Å². The second-order valence-corrected chi connectivity index (χ2v) is 7.34. The highest BCUT2D eigenvalue weighted by Crippen LogP contribution is 2.33. The van der Waals surface area contributed by atoms with Crippen LogP contribution in [0.25, 0.3) is 0 Å². The Bertz CT molecular complexity index is 1130. The number of para-hydroxylation sites is 3. The van der Waals surface area contributed by atoms with Crippen molar-refractivity contribution in [3.8, 4) is 17.2 Å². The fourth-order valence-electron chi connectivity index (χ4n) is 2.51. The zero-order chi connectivity index (χ0) is 20.1. The molecule has 0 heterocycles. The van der Waals surface area contributed by atoms with Gasteiger partial charge in [0, 0.05) is 9.97 Å². The van der Waals surface area contributed by atoms with Gasteiger partial charge in [0.1, 0.15) is 5.75 Å². The first-order valence-electron chi connectivity index (χ1n) is 8.22. The molecule has 0 saturated carbocycles. The molecule has 0 aliphatic carbocycles. The Kier molecular flexibility index (Phi) is 5.62. The van der Waals surface area contributed by atoms with E-state index in [1.165, 1.54) is 25.3 Å². The van der Waals surface area contributed by atoms with Gasteiger partial charge in [0.25, 0.3) is 5.91 Å². The Balaban J connectivity index is 0.00000300. The number of carbonyl (C=O) groups excluding carboxylic acids is 1. The fraction of sp³-hybridized carbons (Fsp3) is 0.0500. The van der Waals surface area contributed by atoms with Gasteiger partial charge in [0.2, 0.25) is 10.0 Å². The van der Waals surface area contributed by atoms with Gasteiger partial charge in [-0.25, -0.2) is 13.6 Å². The summed E-state index contributed by atoms with van der Waals surface area (Å²) in [5, 5.41) is 7.79. The number of sulfonamides is 1. The van der Waals surface area contributed by atoms with E-state index in [4.69, 9.17) is 14.6 Å². The molecule has 0 aromatic heterocycles. The van der Waals surface area contributed by atoms with Crippen molar-refractivity contribution in [1.29, 1.82) is 0 Å². The molecule has 1 amide bonds. The summed E-state index contributed by atoms with van der Waals surface area (Å²) >= 11 is 0. The molecule has 3 aromatic carbocycles. The van der Waals surface area contributed by atoms with E-state index in [0.717, 1.165) is 0 Å². The third kappa shape index (κ3) is 4.48. The van der Waals surface area contributed by atoms with Crippen LogP contribution in [0.2, 0.25) is 0 Å². The van der Waals surface area contributed by atoms with Crippen LogP contribution in [-0.2, 0) is 10.0 Å². The maximum atomic E-state index is 12.7. The van der Waals surface area contributed by atoms with Gasteiger partial charge in [0.15, 0.2) is 11.5 Å². The SMILES string of the molecule is COc1ccccc1Oc1ccccc1C(=O)Nc1cccc(S(N)(=O)=O)c1.[HH].[HH].[HH]. The molecule has 0 aliphatic rings. The summed E-state index contributed by atoms with van der Waals surface area (Å²) < 4.78 is 34.1. The summed E-state index contributed by atoms with van der Waals surface area (Å²) in [6, 6.07) is 19.5. The summed E-state index contributed by atoms with van der Waals surface area (Å²) in [5.41, 5.74) is 0.568. The normalized spacial score (nSPS) is 10.9. The highest BCUT2D eigenvalue weighted by Gasteiger charge is 2.16. The maximum Gasteiger partial charge on any atom is 0.259 e. The number of amides is 1. The second kappa shape index (κ2) is 8.12. The third-order valence-electron chi connectivity index (χ3n) is 3.84. The van der Waals surface area contributed by atoms with Crippen molar-refractivity contribution in [3.63, 3.8) is 0 Å². The monoisotopic (exact) mass is 404 g/mol. The first kappa shape index (κ1) is 19.4. The Hall–Kier alpha value is -3.36. The summed E-state index contributed by atoms with van der Waals surface area (Å²) in [7, 11) is -2.35. The molecule has 3 aromatic rings. The number of hydrogen-bond acceptors (Lipinski definition) is 5. The van der Waals surface area contributed by atoms with Crippen molar-refractivity contribution in [2.45, 2.75) is 4.90 Å². The molecule has 3 N–H and O–H groups in total. The van der Waals surface area contributed by atoms with Gasteiger partial charge in [-0.15, -0.1) is 0 Å². The van der Waals surface area contributed by atoms with Gasteiger partial charge in [-0.05, 0) is 42.5 Å². The van der Waals surface area contributed by atoms with Crippen LogP contribution in [0.4, 0.5) is 5.69 Å². The largest absolute Gasteiger partial charge is 0.493 e. The van der Waals surface area contributed by atoms with E-state index in [-0.39, 0.29) is 14.7 Å². The van der Waals surface area contributed by atoms with Crippen molar-refractivity contribution in [2.24, 2.45) is 5.14 Å². The minimum absolute atomic E-state index is 0. The summed E-state index contributed by atoms with van der Waals surface area (Å²) in [5.74, 6) is 0.851. The van der Waals surface area contributed by atoms with Crippen LogP contribution in [0.3, 0.4) is 0 Å². The first-order chi connectivity index (χ1) is 13.4. The van der Waals surface area contributed by atoms with Crippen LogP contribution in [0.1, 0.15) is 14.6 Å². The minimum Gasteiger partial charge on any atom is -0.493 e. The zero-order valence-electron chi connectivity index (χ0n) is 15.0. The van der Waals surface area contributed by atoms with E-state index in [0.29, 0.717) is 22.9 Å². The van der Waals surface area contributed by atoms with Crippen LogP contribution in [0.15, 0.2) is 77.7 Å². The predicted octanol–water partition coefficient (Wildman–Crippen LogP) is 4.13. The van der Waals surface area contributed by atoms with E-state index in [2.05, 4.69) is 5.32 Å². The Morgan fingerprint density at radius 1 is 0.929 bits per heavy atom. The van der Waals surface area contributed by atoms with E-state index >= 15 is 0 Å². The Morgan fingerprint density at radius 2 is 1.57 bits per heavy atom. The lowest BCUT2D eigenvalue weighted by Crippen LogP contribution is -2.15. The minimum atomic E-state index is -3.87. The molecule has 3 rings (SSSR count). The number of nitrogens with two attached hydrogens (primary N) is 1. The van der Waals surface area contributed by atoms with Gasteiger partial charge in [0.05, 0.1) is 17.6 Å². The van der Waals surface area contributed by atoms with Gasteiger partial charge in [-0.3, -0.25) is 4.79 Å². The quantitative estimate of drug-likeness (QED) is 0.642. The van der Waals surface area contributed by atoms with Crippen molar-refractivity contribution in [2.75, 3.05) is 12.4 Å². The van der Waals surface area contributed by atoms with Gasteiger partial charge in [-0.1, -0.05) is 30.3 Å².